The number of thioether (sulfide) groups is 1. The average Bonchev–Trinajstić information content (AvgIpc) is 2.32. The van der Waals surface area contributed by atoms with E-state index in [0.717, 1.165) is 12.5 Å². The van der Waals surface area contributed by atoms with Gasteiger partial charge in [-0.2, -0.15) is 11.8 Å². The summed E-state index contributed by atoms with van der Waals surface area (Å²) < 4.78 is 0. The van der Waals surface area contributed by atoms with Crippen LogP contribution in [0, 0.1) is 12.8 Å². The largest absolute Gasteiger partial charge is 0.319 e. The minimum absolute atomic E-state index is 0.764. The van der Waals surface area contributed by atoms with Crippen molar-refractivity contribution in [2.75, 3.05) is 25.1 Å². The highest BCUT2D eigenvalue weighted by atomic mass is 32.2. The molecule has 0 heterocycles. The van der Waals surface area contributed by atoms with Crippen LogP contribution in [0.2, 0.25) is 0 Å². The summed E-state index contributed by atoms with van der Waals surface area (Å²) in [5.41, 5.74) is 2.94. The second-order valence-electron chi connectivity index (χ2n) is 4.54. The van der Waals surface area contributed by atoms with E-state index in [9.17, 15) is 0 Å². The van der Waals surface area contributed by atoms with Crippen LogP contribution in [-0.2, 0) is 6.42 Å². The summed E-state index contributed by atoms with van der Waals surface area (Å²) in [5, 5.41) is 3.33. The van der Waals surface area contributed by atoms with Crippen molar-refractivity contribution in [2.24, 2.45) is 5.92 Å². The third-order valence-electron chi connectivity index (χ3n) is 3.14. The van der Waals surface area contributed by atoms with Crippen LogP contribution in [0.4, 0.5) is 0 Å². The van der Waals surface area contributed by atoms with Gasteiger partial charge in [-0.05, 0) is 61.9 Å². The molecule has 2 heteroatoms. The first kappa shape index (κ1) is 14.6. The van der Waals surface area contributed by atoms with E-state index < -0.39 is 0 Å². The Balaban J connectivity index is 2.50. The smallest absolute Gasteiger partial charge is 0.00200 e. The lowest BCUT2D eigenvalue weighted by Crippen LogP contribution is -2.21. The molecule has 0 fully saturated rings. The molecule has 0 bridgehead atoms. The van der Waals surface area contributed by atoms with Crippen LogP contribution >= 0.6 is 11.8 Å². The Hall–Kier alpha value is -0.470. The SMILES string of the molecule is CCSCCC(CNC)Cc1ccccc1C. The van der Waals surface area contributed by atoms with Crippen molar-refractivity contribution >= 4 is 11.8 Å². The van der Waals surface area contributed by atoms with Crippen molar-refractivity contribution in [3.05, 3.63) is 35.4 Å². The van der Waals surface area contributed by atoms with Gasteiger partial charge in [0.1, 0.15) is 0 Å². The van der Waals surface area contributed by atoms with Crippen LogP contribution in [-0.4, -0.2) is 25.1 Å². The van der Waals surface area contributed by atoms with Gasteiger partial charge in [0, 0.05) is 0 Å². The second kappa shape index (κ2) is 8.60. The van der Waals surface area contributed by atoms with Crippen LogP contribution < -0.4 is 5.32 Å². The predicted octanol–water partition coefficient (Wildman–Crippen LogP) is 3.52. The summed E-state index contributed by atoms with van der Waals surface area (Å²) in [4.78, 5) is 0. The topological polar surface area (TPSA) is 12.0 Å². The van der Waals surface area contributed by atoms with E-state index in [1.54, 1.807) is 0 Å². The molecular weight excluding hydrogens is 226 g/mol. The Bertz CT molecular complexity index is 312. The zero-order chi connectivity index (χ0) is 12.5. The highest BCUT2D eigenvalue weighted by Crippen LogP contribution is 2.17. The van der Waals surface area contributed by atoms with E-state index in [4.69, 9.17) is 0 Å². The highest BCUT2D eigenvalue weighted by Gasteiger charge is 2.09. The van der Waals surface area contributed by atoms with E-state index in [1.165, 1.54) is 35.5 Å². The number of hydrogen-bond acceptors (Lipinski definition) is 2. The molecular formula is C15H25NS. The molecule has 0 saturated heterocycles. The summed E-state index contributed by atoms with van der Waals surface area (Å²) in [6, 6.07) is 8.76. The van der Waals surface area contributed by atoms with Crippen molar-refractivity contribution in [1.29, 1.82) is 0 Å². The quantitative estimate of drug-likeness (QED) is 0.710. The molecule has 1 nitrogen and oxygen atoms in total. The van der Waals surface area contributed by atoms with Crippen molar-refractivity contribution in [1.82, 2.24) is 5.32 Å². The third-order valence-corrected chi connectivity index (χ3v) is 4.07. The Morgan fingerprint density at radius 1 is 1.29 bits per heavy atom. The van der Waals surface area contributed by atoms with Gasteiger partial charge in [-0.3, -0.25) is 0 Å². The average molecular weight is 251 g/mol. The lowest BCUT2D eigenvalue weighted by atomic mass is 9.94. The Kier molecular flexibility index (Phi) is 7.38. The van der Waals surface area contributed by atoms with Gasteiger partial charge in [0.05, 0.1) is 0 Å². The summed E-state index contributed by atoms with van der Waals surface area (Å²) >= 11 is 2.05. The van der Waals surface area contributed by atoms with E-state index in [1.807, 2.05) is 11.8 Å². The van der Waals surface area contributed by atoms with Gasteiger partial charge in [-0.25, -0.2) is 0 Å². The number of rotatable bonds is 8. The summed E-state index contributed by atoms with van der Waals surface area (Å²) in [6.45, 7) is 5.57. The number of hydrogen-bond donors (Lipinski definition) is 1. The molecule has 0 aliphatic carbocycles. The number of benzene rings is 1. The summed E-state index contributed by atoms with van der Waals surface area (Å²) in [5.74, 6) is 3.28. The molecule has 1 aromatic rings. The summed E-state index contributed by atoms with van der Waals surface area (Å²) in [7, 11) is 2.05. The maximum Gasteiger partial charge on any atom is -0.00200 e. The molecule has 0 spiro atoms. The van der Waals surface area contributed by atoms with Crippen LogP contribution in [0.5, 0.6) is 0 Å². The predicted molar refractivity (Wildman–Crippen MR) is 79.9 cm³/mol. The van der Waals surface area contributed by atoms with Crippen molar-refractivity contribution < 1.29 is 0 Å². The Morgan fingerprint density at radius 2 is 2.06 bits per heavy atom. The van der Waals surface area contributed by atoms with Gasteiger partial charge in [-0.15, -0.1) is 0 Å². The monoisotopic (exact) mass is 251 g/mol. The maximum absolute atomic E-state index is 3.33. The fraction of sp³-hybridized carbons (Fsp3) is 0.600. The molecule has 1 unspecified atom stereocenters. The number of aryl methyl sites for hydroxylation is 1. The van der Waals surface area contributed by atoms with Crippen LogP contribution in [0.15, 0.2) is 24.3 Å². The van der Waals surface area contributed by atoms with Gasteiger partial charge in [0.2, 0.25) is 0 Å². The zero-order valence-electron chi connectivity index (χ0n) is 11.3. The maximum atomic E-state index is 3.33. The lowest BCUT2D eigenvalue weighted by Gasteiger charge is -2.17. The van der Waals surface area contributed by atoms with Crippen LogP contribution in [0.25, 0.3) is 0 Å². The number of nitrogens with one attached hydrogen (secondary N) is 1. The second-order valence-corrected chi connectivity index (χ2v) is 5.93. The molecule has 17 heavy (non-hydrogen) atoms. The van der Waals surface area contributed by atoms with E-state index >= 15 is 0 Å². The van der Waals surface area contributed by atoms with Crippen LogP contribution in [0.1, 0.15) is 24.5 Å². The van der Waals surface area contributed by atoms with Gasteiger partial charge in [-0.1, -0.05) is 31.2 Å². The standard InChI is InChI=1S/C15H25NS/c1-4-17-10-9-14(12-16-3)11-15-8-6-5-7-13(15)2/h5-8,14,16H,4,9-12H2,1-3H3. The Morgan fingerprint density at radius 3 is 2.71 bits per heavy atom. The van der Waals surface area contributed by atoms with Crippen molar-refractivity contribution in [2.45, 2.75) is 26.7 Å². The highest BCUT2D eigenvalue weighted by molar-refractivity contribution is 7.99. The third kappa shape index (κ3) is 5.60. The molecule has 96 valence electrons. The first-order valence-corrected chi connectivity index (χ1v) is 7.70. The molecule has 1 rings (SSSR count). The minimum Gasteiger partial charge on any atom is -0.319 e. The van der Waals surface area contributed by atoms with E-state index in [-0.39, 0.29) is 0 Å². The van der Waals surface area contributed by atoms with Crippen LogP contribution in [0.3, 0.4) is 0 Å². The molecule has 0 amide bonds. The van der Waals surface area contributed by atoms with Gasteiger partial charge >= 0.3 is 0 Å². The summed E-state index contributed by atoms with van der Waals surface area (Å²) in [6.07, 6.45) is 2.52. The molecule has 0 aliphatic heterocycles. The van der Waals surface area contributed by atoms with Crippen molar-refractivity contribution in [3.63, 3.8) is 0 Å². The first-order valence-electron chi connectivity index (χ1n) is 6.54. The lowest BCUT2D eigenvalue weighted by molar-refractivity contribution is 0.484. The molecule has 0 saturated carbocycles. The Labute approximate surface area is 110 Å². The fourth-order valence-corrected chi connectivity index (χ4v) is 2.90. The molecule has 0 aromatic heterocycles. The van der Waals surface area contributed by atoms with E-state index in [0.29, 0.717) is 0 Å². The van der Waals surface area contributed by atoms with Gasteiger partial charge in [0.15, 0.2) is 0 Å². The molecule has 1 aromatic carbocycles. The van der Waals surface area contributed by atoms with Gasteiger partial charge in [0.25, 0.3) is 0 Å². The fourth-order valence-electron chi connectivity index (χ4n) is 2.11. The molecule has 1 N–H and O–H groups in total. The molecule has 0 aliphatic rings. The van der Waals surface area contributed by atoms with Gasteiger partial charge < -0.3 is 5.32 Å². The minimum atomic E-state index is 0.764. The molecule has 0 radical (unpaired) electrons. The normalized spacial score (nSPS) is 12.6. The van der Waals surface area contributed by atoms with Crippen molar-refractivity contribution in [3.8, 4) is 0 Å². The first-order chi connectivity index (χ1) is 8.27. The van der Waals surface area contributed by atoms with E-state index in [2.05, 4.69) is 50.5 Å². The molecule has 1 atom stereocenters. The zero-order valence-corrected chi connectivity index (χ0v) is 12.1.